The molecule has 25 nitrogen and oxygen atoms in total. The lowest BCUT2D eigenvalue weighted by Gasteiger charge is -2.34. The number of hydrogen-bond donors (Lipinski definition) is 8. The van der Waals surface area contributed by atoms with E-state index < -0.39 is 50.4 Å². The van der Waals surface area contributed by atoms with Gasteiger partial charge in [0.25, 0.3) is 0 Å². The van der Waals surface area contributed by atoms with E-state index in [2.05, 4.69) is 15.6 Å². The van der Waals surface area contributed by atoms with Crippen LogP contribution in [0.25, 0.3) is 0 Å². The Bertz CT molecular complexity index is 1230. The molecule has 0 spiro atoms. The number of aliphatic imine (C=N–C) groups is 1. The van der Waals surface area contributed by atoms with Gasteiger partial charge in [0.05, 0.1) is 91.7 Å². The third-order valence-corrected chi connectivity index (χ3v) is 9.37. The normalized spacial score (nSPS) is 12.9. The van der Waals surface area contributed by atoms with Crippen LogP contribution in [0.5, 0.6) is 0 Å². The highest BCUT2D eigenvalue weighted by molar-refractivity contribution is 7.52. The number of nitrogens with zero attached hydrogens (tertiary/aromatic N) is 4. The molecule has 0 saturated heterocycles. The zero-order valence-electron chi connectivity index (χ0n) is 34.1. The van der Waals surface area contributed by atoms with Crippen LogP contribution in [-0.2, 0) is 61.8 Å². The van der Waals surface area contributed by atoms with Crippen molar-refractivity contribution in [2.75, 3.05) is 138 Å². The first-order valence-electron chi connectivity index (χ1n) is 19.3. The van der Waals surface area contributed by atoms with Crippen molar-refractivity contribution in [3.05, 3.63) is 0 Å². The molecule has 0 bridgehead atoms. The Kier molecular flexibility index (Phi) is 35.0. The van der Waals surface area contributed by atoms with Crippen LogP contribution in [0, 0.1) is 0 Å². The molecule has 2 unspecified atom stereocenters. The van der Waals surface area contributed by atoms with Gasteiger partial charge < -0.3 is 74.8 Å². The lowest BCUT2D eigenvalue weighted by atomic mass is 10.1. The maximum atomic E-state index is 12.6. The van der Waals surface area contributed by atoms with E-state index in [1.807, 2.05) is 0 Å². The largest absolute Gasteiger partial charge is 0.483 e. The molecule has 0 aliphatic heterocycles. The third kappa shape index (κ3) is 34.2. The molecule has 348 valence electrons. The average Bonchev–Trinajstić information content (AvgIpc) is 3.17. The SMILES string of the molecule is NC(=O)C(N)CCCCNCOCOCCOCCNC(=O)COCCOCCN=COCCC(N(CCN(CC=O)CC(=O)O)CCN(CC=O)CC(=O)O)P(=O)(O)O. The predicted octanol–water partition coefficient (Wildman–Crippen LogP) is -3.92. The van der Waals surface area contributed by atoms with E-state index in [0.717, 1.165) is 19.2 Å². The maximum absolute atomic E-state index is 12.6. The zero-order chi connectivity index (χ0) is 44.9. The van der Waals surface area contributed by atoms with E-state index in [-0.39, 0.29) is 111 Å². The minimum Gasteiger partial charge on any atom is -0.483 e. The number of carboxylic acids is 2. The van der Waals surface area contributed by atoms with Gasteiger partial charge in [-0.25, -0.2) is 0 Å². The van der Waals surface area contributed by atoms with Gasteiger partial charge in [0.2, 0.25) is 11.8 Å². The molecular formula is C34H65N8O17P. The molecule has 0 aromatic carbocycles. The summed E-state index contributed by atoms with van der Waals surface area (Å²) in [5, 5.41) is 24.0. The van der Waals surface area contributed by atoms with Crippen LogP contribution in [0.15, 0.2) is 4.99 Å². The van der Waals surface area contributed by atoms with Crippen molar-refractivity contribution in [3.63, 3.8) is 0 Å². The van der Waals surface area contributed by atoms with E-state index in [0.29, 0.717) is 45.5 Å². The Morgan fingerprint density at radius 3 is 1.93 bits per heavy atom. The summed E-state index contributed by atoms with van der Waals surface area (Å²) in [7, 11) is -4.83. The molecule has 0 heterocycles. The van der Waals surface area contributed by atoms with E-state index in [9.17, 15) is 43.1 Å². The molecule has 2 amide bonds. The van der Waals surface area contributed by atoms with Gasteiger partial charge >= 0.3 is 19.5 Å². The van der Waals surface area contributed by atoms with Crippen LogP contribution in [0.1, 0.15) is 25.7 Å². The van der Waals surface area contributed by atoms with Crippen LogP contribution >= 0.6 is 7.60 Å². The number of nitrogens with one attached hydrogen (secondary N) is 2. The predicted molar refractivity (Wildman–Crippen MR) is 213 cm³/mol. The fourth-order valence-electron chi connectivity index (χ4n) is 5.00. The first kappa shape index (κ1) is 56.4. The van der Waals surface area contributed by atoms with E-state index >= 15 is 0 Å². The first-order valence-corrected chi connectivity index (χ1v) is 20.9. The summed E-state index contributed by atoms with van der Waals surface area (Å²) < 4.78 is 44.5. The Morgan fingerprint density at radius 2 is 1.35 bits per heavy atom. The smallest absolute Gasteiger partial charge is 0.342 e. The van der Waals surface area contributed by atoms with Crippen molar-refractivity contribution < 1.29 is 81.8 Å². The number of carbonyl (C=O) groups excluding carboxylic acids is 4. The van der Waals surface area contributed by atoms with Gasteiger partial charge in [0, 0.05) is 39.1 Å². The Balaban J connectivity index is 4.25. The summed E-state index contributed by atoms with van der Waals surface area (Å²) in [6.45, 7) is 0.924. The fourth-order valence-corrected chi connectivity index (χ4v) is 6.10. The molecule has 0 aromatic heterocycles. The molecule has 0 rings (SSSR count). The minimum absolute atomic E-state index is 0.0540. The summed E-state index contributed by atoms with van der Waals surface area (Å²) in [4.78, 5) is 95.6. The highest BCUT2D eigenvalue weighted by Crippen LogP contribution is 2.44. The van der Waals surface area contributed by atoms with Crippen molar-refractivity contribution in [1.82, 2.24) is 25.3 Å². The minimum atomic E-state index is -4.83. The standard InChI is InChI=1S/C34H65N8O17P/c35-29(34(36)50)3-1-2-5-37-27-59-28-58-22-20-55-18-7-39-30(45)25-56-21-19-54-17-6-38-26-57-16-4-31(60(51,52)53)42(10-8-40(12-14-43)23-32(46)47)11-9-41(13-15-44)24-33(48)49/h14-15,26,29,31,37H,1-13,16-25,27-28,35H2,(H2,36,50)(H,39,45)(H,46,47)(H,48,49)(H2,51,52,53). The molecule has 26 heteroatoms. The molecule has 0 aliphatic carbocycles. The third-order valence-electron chi connectivity index (χ3n) is 8.01. The number of nitrogens with two attached hydrogens (primary N) is 2. The number of carbonyl (C=O) groups is 6. The van der Waals surface area contributed by atoms with Gasteiger partial charge in [-0.3, -0.25) is 48.8 Å². The van der Waals surface area contributed by atoms with Gasteiger partial charge in [-0.1, -0.05) is 6.42 Å². The van der Waals surface area contributed by atoms with E-state index in [1.54, 1.807) is 0 Å². The molecule has 0 radical (unpaired) electrons. The summed E-state index contributed by atoms with van der Waals surface area (Å²) in [6.07, 6.45) is 4.06. The lowest BCUT2D eigenvalue weighted by Crippen LogP contribution is -2.47. The Labute approximate surface area is 349 Å². The number of carboxylic acid groups (broad SMARTS) is 2. The fraction of sp³-hybridized carbons (Fsp3) is 0.794. The number of aldehydes is 2. The van der Waals surface area contributed by atoms with Crippen molar-refractivity contribution >= 4 is 50.3 Å². The molecule has 10 N–H and O–H groups in total. The molecule has 0 aromatic rings. The van der Waals surface area contributed by atoms with Crippen molar-refractivity contribution in [2.24, 2.45) is 16.5 Å². The van der Waals surface area contributed by atoms with Crippen LogP contribution < -0.4 is 22.1 Å². The van der Waals surface area contributed by atoms with Crippen molar-refractivity contribution in [1.29, 1.82) is 0 Å². The summed E-state index contributed by atoms with van der Waals surface area (Å²) in [5.41, 5.74) is 10.7. The van der Waals surface area contributed by atoms with Gasteiger partial charge in [0.15, 0.2) is 6.40 Å². The van der Waals surface area contributed by atoms with Crippen molar-refractivity contribution in [2.45, 2.75) is 37.5 Å². The molecule has 60 heavy (non-hydrogen) atoms. The first-order chi connectivity index (χ1) is 28.7. The van der Waals surface area contributed by atoms with Gasteiger partial charge in [-0.2, -0.15) is 0 Å². The number of primary amides is 1. The summed E-state index contributed by atoms with van der Waals surface area (Å²) in [5.74, 6) is -4.66. The van der Waals surface area contributed by atoms with E-state index in [1.165, 1.54) is 14.7 Å². The van der Waals surface area contributed by atoms with Crippen LogP contribution in [0.4, 0.5) is 0 Å². The monoisotopic (exact) mass is 888 g/mol. The topological polar surface area (TPSA) is 354 Å². The number of rotatable bonds is 44. The summed E-state index contributed by atoms with van der Waals surface area (Å²) >= 11 is 0. The molecule has 0 aliphatic rings. The van der Waals surface area contributed by atoms with Crippen LogP contribution in [-0.4, -0.2) is 228 Å². The van der Waals surface area contributed by atoms with Crippen LogP contribution in [0.2, 0.25) is 0 Å². The highest BCUT2D eigenvalue weighted by atomic mass is 31.2. The molecule has 0 saturated carbocycles. The Morgan fingerprint density at radius 1 is 0.750 bits per heavy atom. The number of unbranched alkanes of at least 4 members (excludes halogenated alkanes) is 1. The maximum Gasteiger partial charge on any atom is 0.342 e. The van der Waals surface area contributed by atoms with Crippen molar-refractivity contribution in [3.8, 4) is 0 Å². The van der Waals surface area contributed by atoms with Gasteiger partial charge in [-0.15, -0.1) is 0 Å². The quantitative estimate of drug-likeness (QED) is 0.00723. The zero-order valence-corrected chi connectivity index (χ0v) is 34.9. The second kappa shape index (κ2) is 37.2. The lowest BCUT2D eigenvalue weighted by molar-refractivity contribution is -0.139. The number of ether oxygens (including phenoxy) is 6. The highest BCUT2D eigenvalue weighted by Gasteiger charge is 2.34. The molecular weight excluding hydrogens is 823 g/mol. The summed E-state index contributed by atoms with van der Waals surface area (Å²) in [6, 6.07) is -0.615. The van der Waals surface area contributed by atoms with Gasteiger partial charge in [-0.05, 0) is 19.4 Å². The number of amides is 2. The molecule has 0 fully saturated rings. The Hall–Kier alpha value is -3.56. The van der Waals surface area contributed by atoms with Gasteiger partial charge in [0.1, 0.15) is 31.8 Å². The average molecular weight is 889 g/mol. The van der Waals surface area contributed by atoms with E-state index in [4.69, 9.17) is 50.1 Å². The molecule has 2 atom stereocenters. The second-order valence-electron chi connectivity index (χ2n) is 12.9. The number of hydrogen-bond acceptors (Lipinski definition) is 19. The second-order valence-corrected chi connectivity index (χ2v) is 14.6. The number of aliphatic carboxylic acids is 2. The van der Waals surface area contributed by atoms with Crippen LogP contribution in [0.3, 0.4) is 0 Å².